The number of nitrogens with zero attached hydrogens (tertiary/aromatic N) is 1. The van der Waals surface area contributed by atoms with Crippen molar-refractivity contribution < 1.29 is 18.7 Å². The molecule has 2 rings (SSSR count). The molecule has 1 fully saturated rings. The summed E-state index contributed by atoms with van der Waals surface area (Å²) in [5.74, 6) is -0.752. The van der Waals surface area contributed by atoms with Crippen molar-refractivity contribution in [1.29, 1.82) is 0 Å². The molecule has 1 saturated heterocycles. The van der Waals surface area contributed by atoms with Crippen molar-refractivity contribution in [3.8, 4) is 5.75 Å². The largest absolute Gasteiger partial charge is 0.496 e. The highest BCUT2D eigenvalue weighted by molar-refractivity contribution is 5.82. The summed E-state index contributed by atoms with van der Waals surface area (Å²) in [5, 5.41) is 0. The lowest BCUT2D eigenvalue weighted by atomic mass is 9.97. The van der Waals surface area contributed by atoms with Gasteiger partial charge in [0.05, 0.1) is 19.4 Å². The van der Waals surface area contributed by atoms with Crippen LogP contribution >= 0.6 is 0 Å². The Hall–Kier alpha value is -2.11. The third-order valence-corrected chi connectivity index (χ3v) is 3.76. The van der Waals surface area contributed by atoms with Crippen molar-refractivity contribution in [1.82, 2.24) is 4.90 Å². The van der Waals surface area contributed by atoms with Crippen molar-refractivity contribution in [2.45, 2.75) is 19.3 Å². The van der Waals surface area contributed by atoms with Crippen molar-refractivity contribution in [2.24, 2.45) is 11.7 Å². The topological polar surface area (TPSA) is 72.6 Å². The number of methoxy groups -OCH3 is 1. The van der Waals surface area contributed by atoms with E-state index in [2.05, 4.69) is 0 Å². The van der Waals surface area contributed by atoms with Gasteiger partial charge in [-0.1, -0.05) is 0 Å². The number of piperidine rings is 1. The molecule has 1 aromatic carbocycles. The molecule has 2 N–H and O–H groups in total. The molecule has 0 unspecified atom stereocenters. The highest BCUT2D eigenvalue weighted by Crippen LogP contribution is 2.22. The average molecular weight is 294 g/mol. The number of carbonyl (C=O) groups excluding carboxylic acids is 2. The van der Waals surface area contributed by atoms with E-state index in [0.29, 0.717) is 30.8 Å². The molecule has 114 valence electrons. The first-order valence-electron chi connectivity index (χ1n) is 6.90. The van der Waals surface area contributed by atoms with Gasteiger partial charge in [0.25, 0.3) is 0 Å². The van der Waals surface area contributed by atoms with Crippen LogP contribution in [0.3, 0.4) is 0 Å². The number of amides is 2. The number of hydrogen-bond donors (Lipinski definition) is 1. The zero-order chi connectivity index (χ0) is 15.4. The van der Waals surface area contributed by atoms with E-state index in [1.54, 1.807) is 4.90 Å². The number of rotatable bonds is 4. The molecule has 0 spiro atoms. The van der Waals surface area contributed by atoms with Crippen LogP contribution in [0.5, 0.6) is 5.75 Å². The van der Waals surface area contributed by atoms with Crippen LogP contribution in [0.25, 0.3) is 0 Å². The number of likely N-dealkylation sites (tertiary alicyclic amines) is 1. The number of halogens is 1. The predicted octanol–water partition coefficient (Wildman–Crippen LogP) is 1.10. The van der Waals surface area contributed by atoms with Crippen molar-refractivity contribution >= 4 is 11.8 Å². The predicted molar refractivity (Wildman–Crippen MR) is 75.2 cm³/mol. The van der Waals surface area contributed by atoms with Gasteiger partial charge >= 0.3 is 0 Å². The monoisotopic (exact) mass is 294 g/mol. The van der Waals surface area contributed by atoms with E-state index in [9.17, 15) is 14.0 Å². The maximum absolute atomic E-state index is 13.3. The normalized spacial score (nSPS) is 18.4. The lowest BCUT2D eigenvalue weighted by Crippen LogP contribution is -2.44. The summed E-state index contributed by atoms with van der Waals surface area (Å²) in [5.41, 5.74) is 5.80. The fourth-order valence-electron chi connectivity index (χ4n) is 2.60. The van der Waals surface area contributed by atoms with Gasteiger partial charge in [0, 0.05) is 18.7 Å². The summed E-state index contributed by atoms with van der Waals surface area (Å²) >= 11 is 0. The van der Waals surface area contributed by atoms with E-state index in [0.717, 1.165) is 6.42 Å². The average Bonchev–Trinajstić information content (AvgIpc) is 2.47. The Morgan fingerprint density at radius 1 is 1.48 bits per heavy atom. The minimum Gasteiger partial charge on any atom is -0.496 e. The molecule has 2 amide bonds. The number of ether oxygens (including phenoxy) is 1. The van der Waals surface area contributed by atoms with Crippen LogP contribution in [0, 0.1) is 11.7 Å². The first kappa shape index (κ1) is 15.3. The minimum atomic E-state index is -0.410. The lowest BCUT2D eigenvalue weighted by molar-refractivity contribution is -0.134. The van der Waals surface area contributed by atoms with E-state index in [-0.39, 0.29) is 24.2 Å². The molecule has 1 aromatic rings. The lowest BCUT2D eigenvalue weighted by Gasteiger charge is -2.31. The van der Waals surface area contributed by atoms with Crippen LogP contribution < -0.4 is 10.5 Å². The van der Waals surface area contributed by atoms with Gasteiger partial charge in [0.1, 0.15) is 11.6 Å². The molecule has 1 aliphatic heterocycles. The van der Waals surface area contributed by atoms with E-state index in [1.807, 2.05) is 0 Å². The number of hydrogen-bond acceptors (Lipinski definition) is 3. The smallest absolute Gasteiger partial charge is 0.227 e. The summed E-state index contributed by atoms with van der Waals surface area (Å²) < 4.78 is 18.4. The van der Waals surface area contributed by atoms with Gasteiger partial charge in [0.15, 0.2) is 0 Å². The second-order valence-electron chi connectivity index (χ2n) is 5.21. The first-order valence-corrected chi connectivity index (χ1v) is 6.90. The standard InChI is InChI=1S/C15H19FN2O3/c1-21-13-5-4-12(16)7-11(13)8-14(19)18-6-2-3-10(9-18)15(17)20/h4-5,7,10H,2-3,6,8-9H2,1H3,(H2,17,20)/t10-/m0/s1. The van der Waals surface area contributed by atoms with Crippen molar-refractivity contribution in [3.05, 3.63) is 29.6 Å². The third-order valence-electron chi connectivity index (χ3n) is 3.76. The number of benzene rings is 1. The molecule has 0 bridgehead atoms. The molecule has 5 nitrogen and oxygen atoms in total. The third kappa shape index (κ3) is 3.71. The van der Waals surface area contributed by atoms with E-state index < -0.39 is 5.82 Å². The van der Waals surface area contributed by atoms with E-state index in [1.165, 1.54) is 25.3 Å². The summed E-state index contributed by atoms with van der Waals surface area (Å²) in [4.78, 5) is 25.2. The Morgan fingerprint density at radius 2 is 2.24 bits per heavy atom. The second kappa shape index (κ2) is 6.56. The van der Waals surface area contributed by atoms with Gasteiger partial charge in [-0.05, 0) is 31.0 Å². The molecular weight excluding hydrogens is 275 g/mol. The van der Waals surface area contributed by atoms with Crippen LogP contribution in [0.4, 0.5) is 4.39 Å². The number of carbonyl (C=O) groups is 2. The van der Waals surface area contributed by atoms with Crippen molar-refractivity contribution in [3.63, 3.8) is 0 Å². The Labute approximate surface area is 122 Å². The second-order valence-corrected chi connectivity index (χ2v) is 5.21. The molecule has 21 heavy (non-hydrogen) atoms. The maximum Gasteiger partial charge on any atom is 0.227 e. The summed E-state index contributed by atoms with van der Waals surface area (Å²) in [6.07, 6.45) is 1.51. The Bertz CT molecular complexity index is 548. The summed E-state index contributed by atoms with van der Waals surface area (Å²) in [7, 11) is 1.48. The first-order chi connectivity index (χ1) is 10.0. The Morgan fingerprint density at radius 3 is 2.90 bits per heavy atom. The van der Waals surface area contributed by atoms with Crippen LogP contribution in [-0.4, -0.2) is 36.9 Å². The molecule has 0 saturated carbocycles. The van der Waals surface area contributed by atoms with Gasteiger partial charge in [-0.25, -0.2) is 4.39 Å². The van der Waals surface area contributed by atoms with E-state index in [4.69, 9.17) is 10.5 Å². The zero-order valence-corrected chi connectivity index (χ0v) is 12.0. The highest BCUT2D eigenvalue weighted by atomic mass is 19.1. The van der Waals surface area contributed by atoms with Crippen LogP contribution in [-0.2, 0) is 16.0 Å². The fraction of sp³-hybridized carbons (Fsp3) is 0.467. The summed E-state index contributed by atoms with van der Waals surface area (Å²) in [6.45, 7) is 0.937. The Kier molecular flexibility index (Phi) is 4.77. The minimum absolute atomic E-state index is 0.0480. The quantitative estimate of drug-likeness (QED) is 0.904. The van der Waals surface area contributed by atoms with Gasteiger partial charge in [0.2, 0.25) is 11.8 Å². The molecule has 1 heterocycles. The molecule has 6 heteroatoms. The van der Waals surface area contributed by atoms with Gasteiger partial charge in [-0.3, -0.25) is 9.59 Å². The zero-order valence-electron chi connectivity index (χ0n) is 12.0. The van der Waals surface area contributed by atoms with Crippen LogP contribution in [0.15, 0.2) is 18.2 Å². The number of primary amides is 1. The highest BCUT2D eigenvalue weighted by Gasteiger charge is 2.27. The molecule has 0 radical (unpaired) electrons. The van der Waals surface area contributed by atoms with Gasteiger partial charge in [-0.15, -0.1) is 0 Å². The fourth-order valence-corrected chi connectivity index (χ4v) is 2.60. The molecule has 0 aromatic heterocycles. The van der Waals surface area contributed by atoms with Gasteiger partial charge < -0.3 is 15.4 Å². The molecule has 1 aliphatic rings. The molecule has 0 aliphatic carbocycles. The molecule has 1 atom stereocenters. The molecular formula is C15H19FN2O3. The number of nitrogens with two attached hydrogens (primary N) is 1. The van der Waals surface area contributed by atoms with E-state index >= 15 is 0 Å². The van der Waals surface area contributed by atoms with Crippen LogP contribution in [0.2, 0.25) is 0 Å². The maximum atomic E-state index is 13.3. The van der Waals surface area contributed by atoms with Crippen molar-refractivity contribution in [2.75, 3.05) is 20.2 Å². The van der Waals surface area contributed by atoms with Gasteiger partial charge in [-0.2, -0.15) is 0 Å². The Balaban J connectivity index is 2.07. The summed E-state index contributed by atoms with van der Waals surface area (Å²) in [6, 6.07) is 4.09. The van der Waals surface area contributed by atoms with Crippen LogP contribution in [0.1, 0.15) is 18.4 Å². The SMILES string of the molecule is COc1ccc(F)cc1CC(=O)N1CCC[C@H](C(N)=O)C1.